The predicted molar refractivity (Wildman–Crippen MR) is 69.4 cm³/mol. The van der Waals surface area contributed by atoms with E-state index in [9.17, 15) is 0 Å². The molecule has 0 saturated carbocycles. The van der Waals surface area contributed by atoms with Gasteiger partial charge in [0.05, 0.1) is 6.10 Å². The summed E-state index contributed by atoms with van der Waals surface area (Å²) >= 11 is 0. The topological polar surface area (TPSA) is 27.7 Å². The summed E-state index contributed by atoms with van der Waals surface area (Å²) in [4.78, 5) is 6.00. The van der Waals surface area contributed by atoms with Crippen molar-refractivity contribution in [3.63, 3.8) is 0 Å². The molecule has 0 amide bonds. The standard InChI is InChI=1S/C13H27N3O/c1-2-9-16-11-5-6-13(17-16)7-12-15-10-4-3-8-14-15/h13-14H,2-12H2,1H3. The zero-order valence-corrected chi connectivity index (χ0v) is 11.2. The van der Waals surface area contributed by atoms with Crippen molar-refractivity contribution in [2.75, 3.05) is 32.7 Å². The Morgan fingerprint density at radius 3 is 2.88 bits per heavy atom. The van der Waals surface area contributed by atoms with Gasteiger partial charge in [-0.05, 0) is 38.5 Å². The zero-order chi connectivity index (χ0) is 11.9. The van der Waals surface area contributed by atoms with Gasteiger partial charge in [-0.1, -0.05) is 6.92 Å². The molecule has 2 fully saturated rings. The summed E-state index contributed by atoms with van der Waals surface area (Å²) in [5.74, 6) is 0. The first-order valence-corrected chi connectivity index (χ1v) is 7.28. The van der Waals surface area contributed by atoms with Gasteiger partial charge in [-0.3, -0.25) is 10.3 Å². The summed E-state index contributed by atoms with van der Waals surface area (Å²) in [6.45, 7) is 7.89. The molecule has 4 heteroatoms. The highest BCUT2D eigenvalue weighted by molar-refractivity contribution is 4.68. The molecule has 0 aliphatic carbocycles. The smallest absolute Gasteiger partial charge is 0.0806 e. The fraction of sp³-hybridized carbons (Fsp3) is 1.00. The van der Waals surface area contributed by atoms with Gasteiger partial charge < -0.3 is 0 Å². The minimum atomic E-state index is 0.444. The molecule has 100 valence electrons. The second-order valence-corrected chi connectivity index (χ2v) is 5.19. The highest BCUT2D eigenvalue weighted by Crippen LogP contribution is 2.17. The average molecular weight is 241 g/mol. The first-order valence-electron chi connectivity index (χ1n) is 7.28. The maximum absolute atomic E-state index is 6.00. The summed E-state index contributed by atoms with van der Waals surface area (Å²) in [6.07, 6.45) is 7.96. The molecule has 0 spiro atoms. The Kier molecular flexibility index (Phi) is 5.71. The van der Waals surface area contributed by atoms with Crippen LogP contribution in [0, 0.1) is 0 Å². The predicted octanol–water partition coefficient (Wildman–Crippen LogP) is 1.78. The Labute approximate surface area is 105 Å². The summed E-state index contributed by atoms with van der Waals surface area (Å²) in [5, 5.41) is 4.53. The lowest BCUT2D eigenvalue weighted by Crippen LogP contribution is -2.45. The summed E-state index contributed by atoms with van der Waals surface area (Å²) in [5.41, 5.74) is 3.46. The molecule has 0 aromatic rings. The molecule has 0 aromatic heterocycles. The maximum Gasteiger partial charge on any atom is 0.0806 e. The fourth-order valence-electron chi connectivity index (χ4n) is 2.66. The van der Waals surface area contributed by atoms with Crippen LogP contribution >= 0.6 is 0 Å². The van der Waals surface area contributed by atoms with Gasteiger partial charge in [-0.25, -0.2) is 5.01 Å². The van der Waals surface area contributed by atoms with Crippen LogP contribution in [0.15, 0.2) is 0 Å². The number of hydroxylamine groups is 2. The monoisotopic (exact) mass is 241 g/mol. The fourth-order valence-corrected chi connectivity index (χ4v) is 2.66. The van der Waals surface area contributed by atoms with Crippen molar-refractivity contribution in [1.29, 1.82) is 0 Å². The van der Waals surface area contributed by atoms with Gasteiger partial charge in [0.15, 0.2) is 0 Å². The van der Waals surface area contributed by atoms with Gasteiger partial charge in [-0.2, -0.15) is 5.06 Å². The SMILES string of the molecule is CCCN1CCCC(CCN2CCCCN2)O1. The van der Waals surface area contributed by atoms with Crippen LogP contribution in [0.5, 0.6) is 0 Å². The molecule has 2 aliphatic heterocycles. The van der Waals surface area contributed by atoms with Crippen molar-refractivity contribution in [3.05, 3.63) is 0 Å². The van der Waals surface area contributed by atoms with Gasteiger partial charge in [0, 0.05) is 32.7 Å². The maximum atomic E-state index is 6.00. The molecule has 1 atom stereocenters. The highest BCUT2D eigenvalue weighted by Gasteiger charge is 2.21. The van der Waals surface area contributed by atoms with Crippen LogP contribution < -0.4 is 5.43 Å². The van der Waals surface area contributed by atoms with Crippen molar-refractivity contribution in [2.45, 2.75) is 51.6 Å². The van der Waals surface area contributed by atoms with E-state index in [1.165, 1.54) is 38.6 Å². The lowest BCUT2D eigenvalue weighted by molar-refractivity contribution is -0.223. The van der Waals surface area contributed by atoms with Crippen LogP contribution in [0.2, 0.25) is 0 Å². The number of nitrogens with one attached hydrogen (secondary N) is 1. The normalized spacial score (nSPS) is 28.4. The molecule has 0 aromatic carbocycles. The first kappa shape index (κ1) is 13.3. The summed E-state index contributed by atoms with van der Waals surface area (Å²) in [7, 11) is 0. The molecule has 1 unspecified atom stereocenters. The molecule has 0 radical (unpaired) electrons. The van der Waals surface area contributed by atoms with E-state index in [-0.39, 0.29) is 0 Å². The zero-order valence-electron chi connectivity index (χ0n) is 11.2. The Morgan fingerprint density at radius 2 is 2.12 bits per heavy atom. The third-order valence-electron chi connectivity index (χ3n) is 3.62. The van der Waals surface area contributed by atoms with Crippen LogP contribution in [-0.4, -0.2) is 48.9 Å². The highest BCUT2D eigenvalue weighted by atomic mass is 16.7. The van der Waals surface area contributed by atoms with Crippen molar-refractivity contribution in [3.8, 4) is 0 Å². The van der Waals surface area contributed by atoms with E-state index in [0.717, 1.165) is 32.6 Å². The Hall–Kier alpha value is -0.160. The molecule has 2 heterocycles. The molecule has 4 nitrogen and oxygen atoms in total. The van der Waals surface area contributed by atoms with Crippen molar-refractivity contribution in [1.82, 2.24) is 15.5 Å². The van der Waals surface area contributed by atoms with Crippen molar-refractivity contribution in [2.24, 2.45) is 0 Å². The molecule has 1 N–H and O–H groups in total. The first-order chi connectivity index (χ1) is 8.38. The van der Waals surface area contributed by atoms with E-state index < -0.39 is 0 Å². The lowest BCUT2D eigenvalue weighted by Gasteiger charge is -2.34. The molecule has 17 heavy (non-hydrogen) atoms. The Morgan fingerprint density at radius 1 is 1.18 bits per heavy atom. The van der Waals surface area contributed by atoms with E-state index in [2.05, 4.69) is 22.4 Å². The number of hydrogen-bond donors (Lipinski definition) is 1. The van der Waals surface area contributed by atoms with E-state index >= 15 is 0 Å². The Balaban J connectivity index is 1.64. The third kappa shape index (κ3) is 4.54. The molecular formula is C13H27N3O. The van der Waals surface area contributed by atoms with Crippen LogP contribution in [-0.2, 0) is 4.84 Å². The molecule has 2 aliphatic rings. The number of rotatable bonds is 5. The molecule has 0 bridgehead atoms. The number of hydrazine groups is 1. The lowest BCUT2D eigenvalue weighted by atomic mass is 10.1. The second kappa shape index (κ2) is 7.31. The molecule has 2 saturated heterocycles. The third-order valence-corrected chi connectivity index (χ3v) is 3.62. The van der Waals surface area contributed by atoms with Gasteiger partial charge in [-0.15, -0.1) is 0 Å². The second-order valence-electron chi connectivity index (χ2n) is 5.19. The summed E-state index contributed by atoms with van der Waals surface area (Å²) < 4.78 is 0. The quantitative estimate of drug-likeness (QED) is 0.794. The van der Waals surface area contributed by atoms with Crippen LogP contribution in [0.1, 0.15) is 45.4 Å². The Bertz CT molecular complexity index is 205. The van der Waals surface area contributed by atoms with Gasteiger partial charge >= 0.3 is 0 Å². The van der Waals surface area contributed by atoms with Gasteiger partial charge in [0.25, 0.3) is 0 Å². The van der Waals surface area contributed by atoms with E-state index in [1.54, 1.807) is 0 Å². The molecular weight excluding hydrogens is 214 g/mol. The van der Waals surface area contributed by atoms with E-state index in [1.807, 2.05) is 0 Å². The van der Waals surface area contributed by atoms with E-state index in [0.29, 0.717) is 6.10 Å². The van der Waals surface area contributed by atoms with Gasteiger partial charge in [0.1, 0.15) is 0 Å². The largest absolute Gasteiger partial charge is 0.296 e. The van der Waals surface area contributed by atoms with Crippen molar-refractivity contribution >= 4 is 0 Å². The van der Waals surface area contributed by atoms with Crippen LogP contribution in [0.3, 0.4) is 0 Å². The average Bonchev–Trinajstić information content (AvgIpc) is 2.39. The van der Waals surface area contributed by atoms with Crippen LogP contribution in [0.4, 0.5) is 0 Å². The van der Waals surface area contributed by atoms with Crippen molar-refractivity contribution < 1.29 is 4.84 Å². The summed E-state index contributed by atoms with van der Waals surface area (Å²) in [6, 6.07) is 0. The van der Waals surface area contributed by atoms with E-state index in [4.69, 9.17) is 4.84 Å². The minimum Gasteiger partial charge on any atom is -0.296 e. The minimum absolute atomic E-state index is 0.444. The molecule has 2 rings (SSSR count). The number of hydrogen-bond acceptors (Lipinski definition) is 4. The number of nitrogens with zero attached hydrogens (tertiary/aromatic N) is 2. The van der Waals surface area contributed by atoms with Crippen LogP contribution in [0.25, 0.3) is 0 Å². The van der Waals surface area contributed by atoms with Gasteiger partial charge in [0.2, 0.25) is 0 Å².